The van der Waals surface area contributed by atoms with Gasteiger partial charge in [-0.3, -0.25) is 4.79 Å². The quantitative estimate of drug-likeness (QED) is 0.835. The zero-order chi connectivity index (χ0) is 15.5. The maximum absolute atomic E-state index is 12.6. The molecule has 21 heavy (non-hydrogen) atoms. The van der Waals surface area contributed by atoms with Crippen LogP contribution in [-0.2, 0) is 9.53 Å². The van der Waals surface area contributed by atoms with E-state index in [4.69, 9.17) is 4.74 Å². The number of carbonyl (C=O) groups excluding carboxylic acids is 2. The largest absolute Gasteiger partial charge is 0.462 e. The van der Waals surface area contributed by atoms with Crippen molar-refractivity contribution < 1.29 is 14.3 Å². The zero-order valence-electron chi connectivity index (χ0n) is 13.0. The molecule has 0 unspecified atom stereocenters. The molecule has 0 bridgehead atoms. The average molecular weight is 292 g/mol. The van der Waals surface area contributed by atoms with E-state index in [0.29, 0.717) is 23.6 Å². The predicted octanol–water partition coefficient (Wildman–Crippen LogP) is 3.41. The molecule has 5 heteroatoms. The topological polar surface area (TPSA) is 71.2 Å². The Morgan fingerprint density at radius 2 is 2.00 bits per heavy atom. The van der Waals surface area contributed by atoms with Crippen molar-refractivity contribution in [1.82, 2.24) is 4.98 Å². The molecule has 1 aromatic heterocycles. The number of rotatable bonds is 4. The fourth-order valence-electron chi connectivity index (χ4n) is 2.92. The number of anilines is 1. The number of aromatic amines is 1. The third-order valence-corrected chi connectivity index (χ3v) is 4.31. The van der Waals surface area contributed by atoms with Crippen LogP contribution in [-0.4, -0.2) is 23.5 Å². The number of hydrogen-bond acceptors (Lipinski definition) is 3. The van der Waals surface area contributed by atoms with Gasteiger partial charge < -0.3 is 15.0 Å². The van der Waals surface area contributed by atoms with E-state index < -0.39 is 5.97 Å². The Morgan fingerprint density at radius 1 is 1.33 bits per heavy atom. The summed E-state index contributed by atoms with van der Waals surface area (Å²) in [6.45, 7) is 5.88. The number of amides is 1. The summed E-state index contributed by atoms with van der Waals surface area (Å²) in [5.41, 5.74) is 1.31. The standard InChI is InChI=1S/C16H24N2O3/c1-4-21-14(19)13-11(2)17-10-12(13)18-15(20)16(3)8-6-5-7-9-16/h10,17H,4-9H2,1-3H3,(H,18,20). The van der Waals surface area contributed by atoms with Gasteiger partial charge in [0.2, 0.25) is 5.91 Å². The summed E-state index contributed by atoms with van der Waals surface area (Å²) >= 11 is 0. The third kappa shape index (κ3) is 3.28. The van der Waals surface area contributed by atoms with Gasteiger partial charge in [0.25, 0.3) is 0 Å². The van der Waals surface area contributed by atoms with Crippen LogP contribution in [0.15, 0.2) is 6.20 Å². The van der Waals surface area contributed by atoms with Gasteiger partial charge in [-0.1, -0.05) is 26.2 Å². The Labute approximate surface area is 125 Å². The Balaban J connectivity index is 2.16. The summed E-state index contributed by atoms with van der Waals surface area (Å²) in [6, 6.07) is 0. The van der Waals surface area contributed by atoms with Crippen LogP contribution in [0.2, 0.25) is 0 Å². The van der Waals surface area contributed by atoms with Crippen LogP contribution < -0.4 is 5.32 Å². The Hall–Kier alpha value is -1.78. The first-order valence-corrected chi connectivity index (χ1v) is 7.64. The molecular weight excluding hydrogens is 268 g/mol. The number of H-pyrrole nitrogens is 1. The summed E-state index contributed by atoms with van der Waals surface area (Å²) in [5, 5.41) is 2.91. The second kappa shape index (κ2) is 6.33. The lowest BCUT2D eigenvalue weighted by molar-refractivity contribution is -0.126. The van der Waals surface area contributed by atoms with Crippen molar-refractivity contribution in [3.63, 3.8) is 0 Å². The van der Waals surface area contributed by atoms with Crippen molar-refractivity contribution in [2.75, 3.05) is 11.9 Å². The molecular formula is C16H24N2O3. The number of aryl methyl sites for hydroxylation is 1. The molecule has 0 spiro atoms. The van der Waals surface area contributed by atoms with Crippen LogP contribution >= 0.6 is 0 Å². The highest BCUT2D eigenvalue weighted by Gasteiger charge is 2.35. The van der Waals surface area contributed by atoms with Crippen molar-refractivity contribution in [3.05, 3.63) is 17.5 Å². The maximum atomic E-state index is 12.6. The van der Waals surface area contributed by atoms with Crippen LogP contribution in [0.25, 0.3) is 0 Å². The SMILES string of the molecule is CCOC(=O)c1c(NC(=O)C2(C)CCCCC2)c[nH]c1C. The molecule has 1 saturated carbocycles. The lowest BCUT2D eigenvalue weighted by Crippen LogP contribution is -2.35. The van der Waals surface area contributed by atoms with Crippen LogP contribution in [0, 0.1) is 12.3 Å². The van der Waals surface area contributed by atoms with Crippen LogP contribution in [0.1, 0.15) is 62.0 Å². The van der Waals surface area contributed by atoms with E-state index in [2.05, 4.69) is 10.3 Å². The summed E-state index contributed by atoms with van der Waals surface area (Å²) in [6.07, 6.45) is 6.82. The lowest BCUT2D eigenvalue weighted by atomic mass is 9.75. The summed E-state index contributed by atoms with van der Waals surface area (Å²) < 4.78 is 5.05. The van der Waals surface area contributed by atoms with Gasteiger partial charge in [-0.2, -0.15) is 0 Å². The summed E-state index contributed by atoms with van der Waals surface area (Å²) in [5.74, 6) is -0.410. The van der Waals surface area contributed by atoms with Gasteiger partial charge in [0, 0.05) is 17.3 Å². The first kappa shape index (κ1) is 15.6. The minimum atomic E-state index is -0.402. The van der Waals surface area contributed by atoms with E-state index in [9.17, 15) is 9.59 Å². The number of ether oxygens (including phenoxy) is 1. The van der Waals surface area contributed by atoms with E-state index in [1.54, 1.807) is 20.0 Å². The number of carbonyl (C=O) groups is 2. The first-order chi connectivity index (χ1) is 9.98. The van der Waals surface area contributed by atoms with Crippen molar-refractivity contribution in [1.29, 1.82) is 0 Å². The van der Waals surface area contributed by atoms with E-state index in [1.165, 1.54) is 6.42 Å². The Morgan fingerprint density at radius 3 is 2.62 bits per heavy atom. The molecule has 1 amide bonds. The zero-order valence-corrected chi connectivity index (χ0v) is 13.0. The van der Waals surface area contributed by atoms with Crippen molar-refractivity contribution in [2.45, 2.75) is 52.9 Å². The normalized spacial score (nSPS) is 17.3. The summed E-state index contributed by atoms with van der Waals surface area (Å²) in [7, 11) is 0. The molecule has 1 aliphatic rings. The van der Waals surface area contributed by atoms with Gasteiger partial charge in [-0.05, 0) is 26.7 Å². The van der Waals surface area contributed by atoms with Gasteiger partial charge in [-0.15, -0.1) is 0 Å². The molecule has 1 heterocycles. The van der Waals surface area contributed by atoms with E-state index in [0.717, 1.165) is 25.7 Å². The monoisotopic (exact) mass is 292 g/mol. The van der Waals surface area contributed by atoms with Crippen LogP contribution in [0.5, 0.6) is 0 Å². The molecule has 2 rings (SSSR count). The highest BCUT2D eigenvalue weighted by atomic mass is 16.5. The molecule has 0 aromatic carbocycles. The molecule has 116 valence electrons. The highest BCUT2D eigenvalue weighted by molar-refractivity contribution is 6.03. The number of esters is 1. The minimum absolute atomic E-state index is 0.00764. The van der Waals surface area contributed by atoms with E-state index in [1.807, 2.05) is 6.92 Å². The molecule has 5 nitrogen and oxygen atoms in total. The van der Waals surface area contributed by atoms with Crippen molar-refractivity contribution in [2.24, 2.45) is 5.41 Å². The second-order valence-corrected chi connectivity index (χ2v) is 6.00. The molecule has 0 radical (unpaired) electrons. The van der Waals surface area contributed by atoms with Crippen molar-refractivity contribution in [3.8, 4) is 0 Å². The molecule has 2 N–H and O–H groups in total. The number of aromatic nitrogens is 1. The fraction of sp³-hybridized carbons (Fsp3) is 0.625. The molecule has 0 saturated heterocycles. The fourth-order valence-corrected chi connectivity index (χ4v) is 2.92. The first-order valence-electron chi connectivity index (χ1n) is 7.64. The predicted molar refractivity (Wildman–Crippen MR) is 81.3 cm³/mol. The minimum Gasteiger partial charge on any atom is -0.462 e. The smallest absolute Gasteiger partial charge is 0.342 e. The van der Waals surface area contributed by atoms with Gasteiger partial charge >= 0.3 is 5.97 Å². The Bertz CT molecular complexity index is 528. The summed E-state index contributed by atoms with van der Waals surface area (Å²) in [4.78, 5) is 27.5. The van der Waals surface area contributed by atoms with Crippen LogP contribution in [0.4, 0.5) is 5.69 Å². The number of hydrogen-bond donors (Lipinski definition) is 2. The molecule has 0 aliphatic heterocycles. The third-order valence-electron chi connectivity index (χ3n) is 4.31. The average Bonchev–Trinajstić information content (AvgIpc) is 2.81. The lowest BCUT2D eigenvalue weighted by Gasteiger charge is -2.31. The Kier molecular flexibility index (Phi) is 4.70. The molecule has 1 aromatic rings. The highest BCUT2D eigenvalue weighted by Crippen LogP contribution is 2.37. The van der Waals surface area contributed by atoms with Gasteiger partial charge in [-0.25, -0.2) is 4.79 Å². The number of nitrogens with one attached hydrogen (secondary N) is 2. The van der Waals surface area contributed by atoms with Crippen molar-refractivity contribution >= 4 is 17.6 Å². The maximum Gasteiger partial charge on any atom is 0.342 e. The molecule has 1 fully saturated rings. The van der Waals surface area contributed by atoms with E-state index >= 15 is 0 Å². The van der Waals surface area contributed by atoms with Gasteiger partial charge in [0.15, 0.2) is 0 Å². The van der Waals surface area contributed by atoms with E-state index in [-0.39, 0.29) is 11.3 Å². The van der Waals surface area contributed by atoms with Crippen LogP contribution in [0.3, 0.4) is 0 Å². The molecule has 1 aliphatic carbocycles. The van der Waals surface area contributed by atoms with Gasteiger partial charge in [0.05, 0.1) is 12.3 Å². The second-order valence-electron chi connectivity index (χ2n) is 6.00. The molecule has 0 atom stereocenters. The van der Waals surface area contributed by atoms with Gasteiger partial charge in [0.1, 0.15) is 5.56 Å².